The molecule has 59 heavy (non-hydrogen) atoms. The zero-order valence-electron chi connectivity index (χ0n) is 36.1. The van der Waals surface area contributed by atoms with Gasteiger partial charge in [0.15, 0.2) is 0 Å². The highest BCUT2D eigenvalue weighted by atomic mass is 32.1. The maximum atomic E-state index is 14.8. The predicted molar refractivity (Wildman–Crippen MR) is 236 cm³/mol. The Bertz CT molecular complexity index is 1890. The molecule has 4 unspecified atom stereocenters. The monoisotopic (exact) mass is 848 g/mol. The molecule has 0 radical (unpaired) electrons. The molecule has 4 amide bonds. The van der Waals surface area contributed by atoms with Crippen LogP contribution in [0, 0.1) is 28.6 Å². The van der Waals surface area contributed by atoms with Crippen molar-refractivity contribution in [1.82, 2.24) is 30.8 Å². The Morgan fingerprint density at radius 2 is 1.56 bits per heavy atom. The highest BCUT2D eigenvalue weighted by Gasteiger charge is 2.41. The number of nitrogens with one attached hydrogen (secondary N) is 3. The number of hydrogen-bond acceptors (Lipinski definition) is 10. The molecule has 6 N–H and O–H groups in total. The minimum atomic E-state index is -1.05. The minimum absolute atomic E-state index is 0.0572. The number of nitrogens with zero attached hydrogens (tertiary/aromatic N) is 4. The summed E-state index contributed by atoms with van der Waals surface area (Å²) >= 11 is 2.69. The Morgan fingerprint density at radius 3 is 2.10 bits per heavy atom. The minimum Gasteiger partial charge on any atom is -0.386 e. The summed E-state index contributed by atoms with van der Waals surface area (Å²) < 4.78 is 0. The van der Waals surface area contributed by atoms with Gasteiger partial charge >= 0.3 is 0 Å². The number of aliphatic hydroxyl groups is 1. The lowest BCUT2D eigenvalue weighted by molar-refractivity contribution is -0.137. The topological polar surface area (TPSA) is 192 Å². The summed E-state index contributed by atoms with van der Waals surface area (Å²) in [6.45, 7) is 20.2. The average Bonchev–Trinajstić information content (AvgIpc) is 3.96. The Hall–Kier alpha value is -4.47. The number of thiazole rings is 2. The first kappa shape index (κ1) is 47.2. The molecule has 0 aliphatic carbocycles. The fraction of sp³-hybridized carbons (Fsp3) is 0.568. The van der Waals surface area contributed by atoms with Crippen LogP contribution in [0.15, 0.2) is 70.6 Å². The molecule has 1 fully saturated rings. The van der Waals surface area contributed by atoms with Gasteiger partial charge in [0.25, 0.3) is 0 Å². The number of allylic oxidation sites excluding steroid dienone is 1. The van der Waals surface area contributed by atoms with E-state index in [0.717, 1.165) is 5.56 Å². The van der Waals surface area contributed by atoms with E-state index in [1.807, 2.05) is 70.3 Å². The van der Waals surface area contributed by atoms with Gasteiger partial charge in [-0.1, -0.05) is 112 Å². The fourth-order valence-electron chi connectivity index (χ4n) is 7.28. The van der Waals surface area contributed by atoms with Gasteiger partial charge < -0.3 is 31.7 Å². The molecule has 0 spiro atoms. The van der Waals surface area contributed by atoms with E-state index >= 15 is 0 Å². The highest BCUT2D eigenvalue weighted by molar-refractivity contribution is 7.09. The van der Waals surface area contributed by atoms with E-state index in [-0.39, 0.29) is 36.6 Å². The molecule has 15 heteroatoms. The van der Waals surface area contributed by atoms with Gasteiger partial charge in [-0.2, -0.15) is 0 Å². The normalized spacial score (nSPS) is 19.5. The first-order valence-corrected chi connectivity index (χ1v) is 22.2. The lowest BCUT2D eigenvalue weighted by Gasteiger charge is -2.35. The van der Waals surface area contributed by atoms with Gasteiger partial charge in [-0.05, 0) is 34.7 Å². The molecule has 2 aromatic heterocycles. The van der Waals surface area contributed by atoms with E-state index in [2.05, 4.69) is 72.7 Å². The number of hydrogen-bond donors (Lipinski definition) is 5. The van der Waals surface area contributed by atoms with E-state index < -0.39 is 64.7 Å². The number of carbonyl (C=O) groups excluding carboxylic acids is 4. The van der Waals surface area contributed by atoms with Crippen LogP contribution in [0.1, 0.15) is 116 Å². The third kappa shape index (κ3) is 13.0. The number of benzene rings is 1. The second-order valence-corrected chi connectivity index (χ2v) is 19.9. The van der Waals surface area contributed by atoms with Crippen LogP contribution in [0.25, 0.3) is 0 Å². The largest absolute Gasteiger partial charge is 0.386 e. The van der Waals surface area contributed by atoms with Crippen molar-refractivity contribution in [1.29, 1.82) is 0 Å². The van der Waals surface area contributed by atoms with Crippen LogP contribution in [0.4, 0.5) is 0 Å². The highest BCUT2D eigenvalue weighted by Crippen LogP contribution is 2.33. The Balaban J connectivity index is 1.73. The number of nitrogens with two attached hydrogens (primary N) is 1. The lowest BCUT2D eigenvalue weighted by Crippen LogP contribution is -2.55. The molecule has 0 saturated carbocycles. The third-order valence-electron chi connectivity index (χ3n) is 10.7. The van der Waals surface area contributed by atoms with Crippen molar-refractivity contribution in [3.05, 3.63) is 81.2 Å². The molecule has 13 nitrogen and oxygen atoms in total. The summed E-state index contributed by atoms with van der Waals surface area (Å²) in [6.07, 6.45) is 7.27. The number of carbonyl (C=O) groups is 4. The molecule has 1 saturated heterocycles. The second kappa shape index (κ2) is 20.7. The van der Waals surface area contributed by atoms with Crippen LogP contribution in [0.5, 0.6) is 0 Å². The van der Waals surface area contributed by atoms with Gasteiger partial charge in [0.1, 0.15) is 40.1 Å². The molecule has 0 bridgehead atoms. The molecule has 322 valence electrons. The SMILES string of the molecule is CC(C)/C=C/C(/C(=N/C(C(=O)NC(C(=O)N[C@H](CC(O)c1nccs1)c1nccs1)[C@@H](C)c1ccccc1)C(C)(C)C)NCC(=O)N1CC[C@@H](C)[C@H]1C(N)=O)C(C)(C)C. The standard InChI is InChI=1S/C44H64N8O5S2/c1-26(2)16-17-30(43(5,6)7)38(48-25-33(54)52-21-18-27(3)35(52)37(45)55)51-36(44(8,9)10)40(57)50-34(28(4)29-14-12-11-13-15-29)39(56)49-31(41-46-19-22-58-41)24-32(53)42-47-20-23-59-42/h11-17,19-20,22-23,26-28,30-32,34-36,53H,18,21,24-25H2,1-10H3,(H2,45,55)(H,48,51)(H,49,56)(H,50,57)/b17-16+/t27-,28+,30?,31-,32?,34?,35+,36?/m1/s1. The van der Waals surface area contributed by atoms with Crippen LogP contribution < -0.4 is 21.7 Å². The first-order chi connectivity index (χ1) is 27.7. The van der Waals surface area contributed by atoms with E-state index in [9.17, 15) is 24.3 Å². The number of aromatic nitrogens is 2. The maximum absolute atomic E-state index is 14.8. The summed E-state index contributed by atoms with van der Waals surface area (Å²) in [7, 11) is 0. The molecule has 8 atom stereocenters. The van der Waals surface area contributed by atoms with Crippen LogP contribution in [0.2, 0.25) is 0 Å². The zero-order valence-corrected chi connectivity index (χ0v) is 37.8. The Morgan fingerprint density at radius 1 is 0.932 bits per heavy atom. The molecule has 1 aliphatic rings. The Kier molecular flexibility index (Phi) is 16.5. The fourth-order valence-corrected chi connectivity index (χ4v) is 8.62. The van der Waals surface area contributed by atoms with Gasteiger partial charge in [0, 0.05) is 48.0 Å². The van der Waals surface area contributed by atoms with Crippen molar-refractivity contribution < 1.29 is 24.3 Å². The van der Waals surface area contributed by atoms with Gasteiger partial charge in [-0.15, -0.1) is 22.7 Å². The second-order valence-electron chi connectivity index (χ2n) is 18.0. The molecule has 4 rings (SSSR count). The van der Waals surface area contributed by atoms with Crippen LogP contribution >= 0.6 is 22.7 Å². The summed E-state index contributed by atoms with van der Waals surface area (Å²) in [6, 6.07) is 6.07. The molecule has 1 aliphatic heterocycles. The number of amidine groups is 1. The van der Waals surface area contributed by atoms with Crippen molar-refractivity contribution in [2.75, 3.05) is 13.1 Å². The Labute approximate surface area is 357 Å². The van der Waals surface area contributed by atoms with Gasteiger partial charge in [-0.3, -0.25) is 24.2 Å². The van der Waals surface area contributed by atoms with E-state index in [0.29, 0.717) is 28.8 Å². The number of rotatable bonds is 17. The molecule has 3 heterocycles. The van der Waals surface area contributed by atoms with Crippen molar-refractivity contribution >= 4 is 52.1 Å². The van der Waals surface area contributed by atoms with Crippen molar-refractivity contribution in [3.8, 4) is 0 Å². The maximum Gasteiger partial charge on any atom is 0.246 e. The summed E-state index contributed by atoms with van der Waals surface area (Å²) in [5.74, 6) is -1.95. The summed E-state index contributed by atoms with van der Waals surface area (Å²) in [5, 5.41) is 25.4. The average molecular weight is 849 g/mol. The quantitative estimate of drug-likeness (QED) is 0.0605. The van der Waals surface area contributed by atoms with Gasteiger partial charge in [-0.25, -0.2) is 9.97 Å². The predicted octanol–water partition coefficient (Wildman–Crippen LogP) is 6.17. The number of likely N-dealkylation sites (tertiary alicyclic amines) is 1. The molecule has 3 aromatic rings. The first-order valence-electron chi connectivity index (χ1n) is 20.4. The lowest BCUT2D eigenvalue weighted by atomic mass is 9.78. The van der Waals surface area contributed by atoms with Gasteiger partial charge in [0.2, 0.25) is 23.6 Å². The summed E-state index contributed by atoms with van der Waals surface area (Å²) in [4.78, 5) is 70.9. The smallest absolute Gasteiger partial charge is 0.246 e. The summed E-state index contributed by atoms with van der Waals surface area (Å²) in [5.41, 5.74) is 5.43. The van der Waals surface area contributed by atoms with Crippen molar-refractivity contribution in [2.45, 2.75) is 118 Å². The van der Waals surface area contributed by atoms with E-state index in [1.165, 1.54) is 27.6 Å². The number of amides is 4. The van der Waals surface area contributed by atoms with Crippen molar-refractivity contribution in [3.63, 3.8) is 0 Å². The van der Waals surface area contributed by atoms with E-state index in [1.54, 1.807) is 17.8 Å². The molecular weight excluding hydrogens is 785 g/mol. The van der Waals surface area contributed by atoms with Crippen molar-refractivity contribution in [2.24, 2.45) is 39.3 Å². The van der Waals surface area contributed by atoms with Crippen LogP contribution in [-0.2, 0) is 19.2 Å². The zero-order chi connectivity index (χ0) is 43.7. The van der Waals surface area contributed by atoms with Crippen LogP contribution in [-0.4, -0.2) is 80.7 Å². The van der Waals surface area contributed by atoms with E-state index in [4.69, 9.17) is 10.7 Å². The van der Waals surface area contributed by atoms with Crippen LogP contribution in [0.3, 0.4) is 0 Å². The van der Waals surface area contributed by atoms with Gasteiger partial charge in [0.05, 0.1) is 12.6 Å². The molecule has 1 aromatic carbocycles. The number of primary amides is 1. The number of aliphatic imine (C=N–C) groups is 1. The third-order valence-corrected chi connectivity index (χ3v) is 12.4. The molecular formula is C44H64N8O5S2. The number of aliphatic hydroxyl groups excluding tert-OH is 1.